The summed E-state index contributed by atoms with van der Waals surface area (Å²) in [6.07, 6.45) is 2.32. The van der Waals surface area contributed by atoms with Crippen LogP contribution in [0.3, 0.4) is 0 Å². The lowest BCUT2D eigenvalue weighted by atomic mass is 10.0. The molecule has 0 saturated carbocycles. The maximum atomic E-state index is 3.67. The summed E-state index contributed by atoms with van der Waals surface area (Å²) in [5.41, 5.74) is 5.40. The molecule has 3 heteroatoms. The first-order valence-electron chi connectivity index (χ1n) is 6.45. The van der Waals surface area contributed by atoms with Gasteiger partial charge < -0.3 is 5.32 Å². The minimum absolute atomic E-state index is 0.407. The van der Waals surface area contributed by atoms with Crippen molar-refractivity contribution in [2.24, 2.45) is 0 Å². The molecule has 1 nitrogen and oxygen atoms in total. The standard InChI is InChI=1S/C16H15Br2N/c1-10-5-6-11-7-8-15(12(11)9-10)19-16-13(17)3-2-4-14(16)18/h2-6,9,15,19H,7-8H2,1H3. The Morgan fingerprint density at radius 3 is 2.58 bits per heavy atom. The SMILES string of the molecule is Cc1ccc2c(c1)C(Nc1c(Br)cccc1Br)CC2. The van der Waals surface area contributed by atoms with Crippen LogP contribution in [0.4, 0.5) is 5.69 Å². The molecule has 0 radical (unpaired) electrons. The molecular weight excluding hydrogens is 366 g/mol. The van der Waals surface area contributed by atoms with Crippen LogP contribution in [0, 0.1) is 6.92 Å². The smallest absolute Gasteiger partial charge is 0.0633 e. The van der Waals surface area contributed by atoms with Crippen LogP contribution >= 0.6 is 31.9 Å². The monoisotopic (exact) mass is 379 g/mol. The highest BCUT2D eigenvalue weighted by Gasteiger charge is 2.23. The molecule has 2 aromatic rings. The summed E-state index contributed by atoms with van der Waals surface area (Å²) >= 11 is 7.23. The van der Waals surface area contributed by atoms with Gasteiger partial charge >= 0.3 is 0 Å². The molecular formula is C16H15Br2N. The maximum Gasteiger partial charge on any atom is 0.0633 e. The van der Waals surface area contributed by atoms with Crippen LogP contribution in [0.25, 0.3) is 0 Å². The molecule has 2 aromatic carbocycles. The fourth-order valence-corrected chi connectivity index (χ4v) is 3.91. The Labute approximate surface area is 130 Å². The Morgan fingerprint density at radius 2 is 1.84 bits per heavy atom. The molecule has 1 atom stereocenters. The Balaban J connectivity index is 1.93. The van der Waals surface area contributed by atoms with Crippen LogP contribution in [0.2, 0.25) is 0 Å². The molecule has 0 aromatic heterocycles. The second-order valence-corrected chi connectivity index (χ2v) is 6.74. The van der Waals surface area contributed by atoms with Gasteiger partial charge in [-0.1, -0.05) is 29.8 Å². The van der Waals surface area contributed by atoms with Gasteiger partial charge in [-0.25, -0.2) is 0 Å². The van der Waals surface area contributed by atoms with Gasteiger partial charge in [0.1, 0.15) is 0 Å². The normalized spacial score (nSPS) is 17.3. The number of hydrogen-bond acceptors (Lipinski definition) is 1. The number of para-hydroxylation sites is 1. The molecule has 1 N–H and O–H groups in total. The Hall–Kier alpha value is -0.800. The number of fused-ring (bicyclic) bond motifs is 1. The van der Waals surface area contributed by atoms with Gasteiger partial charge in [0.2, 0.25) is 0 Å². The van der Waals surface area contributed by atoms with Crippen molar-refractivity contribution in [1.82, 2.24) is 0 Å². The molecule has 1 aliphatic carbocycles. The maximum absolute atomic E-state index is 3.67. The molecule has 98 valence electrons. The first kappa shape index (κ1) is 13.2. The molecule has 1 aliphatic rings. The zero-order valence-corrected chi connectivity index (χ0v) is 13.9. The summed E-state index contributed by atoms with van der Waals surface area (Å²) in [7, 11) is 0. The quantitative estimate of drug-likeness (QED) is 0.712. The molecule has 0 bridgehead atoms. The zero-order chi connectivity index (χ0) is 13.4. The molecule has 0 heterocycles. The third kappa shape index (κ3) is 2.59. The van der Waals surface area contributed by atoms with Gasteiger partial charge in [0.05, 0.1) is 11.7 Å². The Bertz CT molecular complexity index is 602. The second kappa shape index (κ2) is 5.29. The van der Waals surface area contributed by atoms with E-state index in [4.69, 9.17) is 0 Å². The average Bonchev–Trinajstić information content (AvgIpc) is 2.76. The summed E-state index contributed by atoms with van der Waals surface area (Å²) in [6, 6.07) is 13.4. The zero-order valence-electron chi connectivity index (χ0n) is 10.7. The van der Waals surface area contributed by atoms with Gasteiger partial charge in [0.25, 0.3) is 0 Å². The number of benzene rings is 2. The largest absolute Gasteiger partial charge is 0.376 e. The third-order valence-electron chi connectivity index (χ3n) is 3.66. The van der Waals surface area contributed by atoms with Crippen LogP contribution in [-0.4, -0.2) is 0 Å². The molecule has 0 fully saturated rings. The second-order valence-electron chi connectivity index (χ2n) is 5.03. The van der Waals surface area contributed by atoms with Crippen molar-refractivity contribution in [2.45, 2.75) is 25.8 Å². The number of nitrogens with one attached hydrogen (secondary N) is 1. The third-order valence-corrected chi connectivity index (χ3v) is 4.98. The van der Waals surface area contributed by atoms with E-state index >= 15 is 0 Å². The summed E-state index contributed by atoms with van der Waals surface area (Å²) in [4.78, 5) is 0. The van der Waals surface area contributed by atoms with Gasteiger partial charge in [-0.15, -0.1) is 0 Å². The number of rotatable bonds is 2. The van der Waals surface area contributed by atoms with Gasteiger partial charge in [-0.2, -0.15) is 0 Å². The van der Waals surface area contributed by atoms with Crippen molar-refractivity contribution in [2.75, 3.05) is 5.32 Å². The molecule has 0 amide bonds. The van der Waals surface area contributed by atoms with E-state index in [9.17, 15) is 0 Å². The van der Waals surface area contributed by atoms with Gasteiger partial charge in [0, 0.05) is 8.95 Å². The number of hydrogen-bond donors (Lipinski definition) is 1. The van der Waals surface area contributed by atoms with Crippen molar-refractivity contribution >= 4 is 37.5 Å². The van der Waals surface area contributed by atoms with E-state index in [2.05, 4.69) is 74.4 Å². The van der Waals surface area contributed by atoms with Crippen LogP contribution in [0.15, 0.2) is 45.3 Å². The highest BCUT2D eigenvalue weighted by Crippen LogP contribution is 2.38. The molecule has 0 saturated heterocycles. The van der Waals surface area contributed by atoms with Crippen LogP contribution in [0.5, 0.6) is 0 Å². The van der Waals surface area contributed by atoms with Crippen molar-refractivity contribution in [3.05, 3.63) is 62.0 Å². The Kier molecular flexibility index (Phi) is 3.68. The first-order valence-corrected chi connectivity index (χ1v) is 8.04. The molecule has 19 heavy (non-hydrogen) atoms. The van der Waals surface area contributed by atoms with E-state index in [1.807, 2.05) is 6.07 Å². The Morgan fingerprint density at radius 1 is 1.11 bits per heavy atom. The lowest BCUT2D eigenvalue weighted by Crippen LogP contribution is -2.08. The predicted octanol–water partition coefficient (Wildman–Crippen LogP) is 5.62. The first-order chi connectivity index (χ1) is 9.15. The predicted molar refractivity (Wildman–Crippen MR) is 87.7 cm³/mol. The van der Waals surface area contributed by atoms with E-state index < -0.39 is 0 Å². The van der Waals surface area contributed by atoms with Crippen LogP contribution in [-0.2, 0) is 6.42 Å². The van der Waals surface area contributed by atoms with Crippen LogP contribution < -0.4 is 5.32 Å². The molecule has 0 spiro atoms. The average molecular weight is 381 g/mol. The lowest BCUT2D eigenvalue weighted by Gasteiger charge is -2.18. The highest BCUT2D eigenvalue weighted by atomic mass is 79.9. The van der Waals surface area contributed by atoms with Crippen molar-refractivity contribution < 1.29 is 0 Å². The highest BCUT2D eigenvalue weighted by molar-refractivity contribution is 9.11. The van der Waals surface area contributed by atoms with E-state index in [1.165, 1.54) is 16.7 Å². The summed E-state index contributed by atoms with van der Waals surface area (Å²) in [5, 5.41) is 3.67. The minimum Gasteiger partial charge on any atom is -0.376 e. The van der Waals surface area contributed by atoms with Crippen molar-refractivity contribution in [3.63, 3.8) is 0 Å². The summed E-state index contributed by atoms with van der Waals surface area (Å²) in [6.45, 7) is 2.16. The minimum atomic E-state index is 0.407. The van der Waals surface area contributed by atoms with E-state index in [0.29, 0.717) is 6.04 Å². The lowest BCUT2D eigenvalue weighted by molar-refractivity contribution is 0.760. The fourth-order valence-electron chi connectivity index (χ4n) is 2.68. The van der Waals surface area contributed by atoms with Gasteiger partial charge in [-0.3, -0.25) is 0 Å². The molecule has 0 aliphatic heterocycles. The molecule has 1 unspecified atom stereocenters. The summed E-state index contributed by atoms with van der Waals surface area (Å²) < 4.78 is 2.20. The van der Waals surface area contributed by atoms with E-state index in [-0.39, 0.29) is 0 Å². The topological polar surface area (TPSA) is 12.0 Å². The number of halogens is 2. The van der Waals surface area contributed by atoms with Gasteiger partial charge in [0.15, 0.2) is 0 Å². The van der Waals surface area contributed by atoms with E-state index in [1.54, 1.807) is 0 Å². The van der Waals surface area contributed by atoms with Crippen molar-refractivity contribution in [3.8, 4) is 0 Å². The number of aryl methyl sites for hydroxylation is 2. The fraction of sp³-hybridized carbons (Fsp3) is 0.250. The van der Waals surface area contributed by atoms with Crippen LogP contribution in [0.1, 0.15) is 29.2 Å². The molecule has 3 rings (SSSR count). The van der Waals surface area contributed by atoms with E-state index in [0.717, 1.165) is 27.5 Å². The summed E-state index contributed by atoms with van der Waals surface area (Å²) in [5.74, 6) is 0. The van der Waals surface area contributed by atoms with Crippen molar-refractivity contribution in [1.29, 1.82) is 0 Å². The number of anilines is 1. The van der Waals surface area contributed by atoms with Gasteiger partial charge in [-0.05, 0) is 74.9 Å².